The number of rotatable bonds is 2. The van der Waals surface area contributed by atoms with Crippen LogP contribution in [0.4, 0.5) is 0 Å². The van der Waals surface area contributed by atoms with Gasteiger partial charge in [-0.3, -0.25) is 0 Å². The van der Waals surface area contributed by atoms with Gasteiger partial charge in [0.15, 0.2) is 0 Å². The number of hydrogen-bond donors (Lipinski definition) is 1. The van der Waals surface area contributed by atoms with E-state index >= 15 is 0 Å². The van der Waals surface area contributed by atoms with Gasteiger partial charge < -0.3 is 0 Å². The minimum atomic E-state index is 0.284. The number of hydrogen-bond acceptors (Lipinski definition) is 4. The Bertz CT molecular complexity index is 467. The smallest absolute Gasteiger partial charge is 0.201 e. The Kier molecular flexibility index (Phi) is 1.78. The second kappa shape index (κ2) is 3.08. The number of azide groups is 1. The number of fused-ring (bicyclic) bond motifs is 1. The summed E-state index contributed by atoms with van der Waals surface area (Å²) in [4.78, 5) is 6.66. The van der Waals surface area contributed by atoms with Gasteiger partial charge in [-0.15, -0.1) is 5.10 Å². The van der Waals surface area contributed by atoms with Crippen molar-refractivity contribution in [2.75, 3.05) is 0 Å². The van der Waals surface area contributed by atoms with Crippen LogP contribution in [0.5, 0.6) is 0 Å². The molecule has 0 spiro atoms. The average molecular weight is 175 g/mol. The van der Waals surface area contributed by atoms with E-state index < -0.39 is 0 Å². The minimum absolute atomic E-state index is 0.284. The summed E-state index contributed by atoms with van der Waals surface area (Å²) in [6, 6.07) is 1.78. The summed E-state index contributed by atoms with van der Waals surface area (Å²) in [5.41, 5.74) is 10.2. The van der Waals surface area contributed by atoms with Gasteiger partial charge in [-0.1, -0.05) is 5.11 Å². The summed E-state index contributed by atoms with van der Waals surface area (Å²) in [5.74, 6) is 0. The summed E-state index contributed by atoms with van der Waals surface area (Å²) in [6.45, 7) is 0.284. The first kappa shape index (κ1) is 7.51. The molecule has 0 atom stereocenters. The highest BCUT2D eigenvalue weighted by molar-refractivity contribution is 5.68. The highest BCUT2D eigenvalue weighted by Gasteiger charge is 1.99. The molecule has 0 saturated heterocycles. The lowest BCUT2D eigenvalue weighted by atomic mass is 10.3. The molecule has 0 fully saturated rings. The molecule has 0 aliphatic rings. The van der Waals surface area contributed by atoms with Gasteiger partial charge in [0.05, 0.1) is 6.54 Å². The van der Waals surface area contributed by atoms with Gasteiger partial charge in [0, 0.05) is 11.1 Å². The minimum Gasteiger partial charge on any atom is -0.233 e. The lowest BCUT2D eigenvalue weighted by Crippen LogP contribution is -1.83. The van der Waals surface area contributed by atoms with E-state index in [1.54, 1.807) is 12.3 Å². The Morgan fingerprint density at radius 2 is 2.46 bits per heavy atom. The fourth-order valence-corrected chi connectivity index (χ4v) is 0.982. The summed E-state index contributed by atoms with van der Waals surface area (Å²) in [5, 5.41) is 13.5. The van der Waals surface area contributed by atoms with Crippen molar-refractivity contribution in [2.45, 2.75) is 6.54 Å². The largest absolute Gasteiger partial charge is 0.233 e. The van der Waals surface area contributed by atoms with E-state index in [2.05, 4.69) is 30.4 Å². The Morgan fingerprint density at radius 3 is 3.31 bits per heavy atom. The zero-order valence-corrected chi connectivity index (χ0v) is 6.55. The number of aromatic nitrogens is 4. The molecule has 2 aromatic rings. The summed E-state index contributed by atoms with van der Waals surface area (Å²) in [7, 11) is 0. The zero-order valence-electron chi connectivity index (χ0n) is 6.55. The predicted molar refractivity (Wildman–Crippen MR) is 44.5 cm³/mol. The highest BCUT2D eigenvalue weighted by Crippen LogP contribution is 2.07. The van der Waals surface area contributed by atoms with Gasteiger partial charge in [0.2, 0.25) is 5.65 Å². The SMILES string of the molecule is [N-]=[N+]=NCc1cnc2n[nH]nc2c1. The molecule has 7 nitrogen and oxygen atoms in total. The summed E-state index contributed by atoms with van der Waals surface area (Å²) >= 11 is 0. The van der Waals surface area contributed by atoms with Gasteiger partial charge in [-0.25, -0.2) is 4.98 Å². The van der Waals surface area contributed by atoms with Crippen molar-refractivity contribution in [3.05, 3.63) is 28.3 Å². The molecule has 0 aromatic carbocycles. The number of nitrogens with zero attached hydrogens (tertiary/aromatic N) is 6. The van der Waals surface area contributed by atoms with Crippen LogP contribution in [-0.4, -0.2) is 20.4 Å². The molecule has 2 rings (SSSR count). The number of nitrogens with one attached hydrogen (secondary N) is 1. The maximum absolute atomic E-state index is 8.10. The van der Waals surface area contributed by atoms with Crippen LogP contribution in [0.1, 0.15) is 5.56 Å². The van der Waals surface area contributed by atoms with E-state index in [0.29, 0.717) is 11.2 Å². The van der Waals surface area contributed by atoms with Gasteiger partial charge >= 0.3 is 0 Å². The van der Waals surface area contributed by atoms with Gasteiger partial charge in [-0.05, 0) is 17.2 Å². The number of pyridine rings is 1. The Morgan fingerprint density at radius 1 is 1.54 bits per heavy atom. The molecular formula is C6H5N7. The third-order valence-electron chi connectivity index (χ3n) is 1.55. The fraction of sp³-hybridized carbons (Fsp3) is 0.167. The van der Waals surface area contributed by atoms with Crippen LogP contribution < -0.4 is 0 Å². The molecule has 0 aliphatic heterocycles. The molecule has 7 heteroatoms. The fourth-order valence-electron chi connectivity index (χ4n) is 0.982. The van der Waals surface area contributed by atoms with Crippen LogP contribution in [-0.2, 0) is 6.54 Å². The first-order valence-corrected chi connectivity index (χ1v) is 3.56. The van der Waals surface area contributed by atoms with E-state index in [9.17, 15) is 0 Å². The van der Waals surface area contributed by atoms with Crippen LogP contribution in [0.3, 0.4) is 0 Å². The first-order chi connectivity index (χ1) is 6.40. The van der Waals surface area contributed by atoms with Crippen molar-refractivity contribution >= 4 is 11.2 Å². The van der Waals surface area contributed by atoms with Crippen LogP contribution >= 0.6 is 0 Å². The van der Waals surface area contributed by atoms with Gasteiger partial charge in [-0.2, -0.15) is 10.3 Å². The molecule has 0 unspecified atom stereocenters. The molecule has 0 radical (unpaired) electrons. The molecule has 0 amide bonds. The van der Waals surface area contributed by atoms with Crippen LogP contribution in [0.15, 0.2) is 17.4 Å². The van der Waals surface area contributed by atoms with Gasteiger partial charge in [0.25, 0.3) is 0 Å². The molecular weight excluding hydrogens is 170 g/mol. The van der Waals surface area contributed by atoms with Crippen molar-refractivity contribution in [3.63, 3.8) is 0 Å². The van der Waals surface area contributed by atoms with E-state index in [1.807, 2.05) is 0 Å². The summed E-state index contributed by atoms with van der Waals surface area (Å²) in [6.07, 6.45) is 1.61. The lowest BCUT2D eigenvalue weighted by molar-refractivity contribution is 0.954. The number of H-pyrrole nitrogens is 1. The molecule has 13 heavy (non-hydrogen) atoms. The predicted octanol–water partition coefficient (Wildman–Crippen LogP) is 1.16. The van der Waals surface area contributed by atoms with E-state index in [-0.39, 0.29) is 6.54 Å². The topological polar surface area (TPSA) is 103 Å². The van der Waals surface area contributed by atoms with Crippen LogP contribution in [0, 0.1) is 0 Å². The lowest BCUT2D eigenvalue weighted by Gasteiger charge is -1.91. The molecule has 0 bridgehead atoms. The third kappa shape index (κ3) is 1.40. The summed E-state index contributed by atoms with van der Waals surface area (Å²) < 4.78 is 0. The van der Waals surface area contributed by atoms with E-state index in [0.717, 1.165) is 5.56 Å². The van der Waals surface area contributed by atoms with Crippen molar-refractivity contribution in [1.29, 1.82) is 0 Å². The normalized spacial score (nSPS) is 9.85. The average Bonchev–Trinajstić information content (AvgIpc) is 2.61. The molecule has 64 valence electrons. The maximum atomic E-state index is 8.10. The quantitative estimate of drug-likeness (QED) is 0.420. The van der Waals surface area contributed by atoms with Crippen molar-refractivity contribution in [3.8, 4) is 0 Å². The number of aromatic amines is 1. The Balaban J connectivity index is 2.42. The third-order valence-corrected chi connectivity index (χ3v) is 1.55. The van der Waals surface area contributed by atoms with Crippen LogP contribution in [0.2, 0.25) is 0 Å². The molecule has 0 saturated carbocycles. The van der Waals surface area contributed by atoms with E-state index in [1.165, 1.54) is 0 Å². The second-order valence-corrected chi connectivity index (χ2v) is 2.40. The molecule has 1 N–H and O–H groups in total. The maximum Gasteiger partial charge on any atom is 0.201 e. The second-order valence-electron chi connectivity index (χ2n) is 2.40. The molecule has 2 heterocycles. The van der Waals surface area contributed by atoms with Crippen molar-refractivity contribution < 1.29 is 0 Å². The van der Waals surface area contributed by atoms with Crippen LogP contribution in [0.25, 0.3) is 21.6 Å². The molecule has 0 aliphatic carbocycles. The Labute approximate surface area is 72.4 Å². The highest BCUT2D eigenvalue weighted by atomic mass is 15.3. The Hall–Kier alpha value is -2.14. The van der Waals surface area contributed by atoms with E-state index in [4.69, 9.17) is 5.53 Å². The van der Waals surface area contributed by atoms with Crippen molar-refractivity contribution in [1.82, 2.24) is 20.4 Å². The zero-order chi connectivity index (χ0) is 9.10. The van der Waals surface area contributed by atoms with Gasteiger partial charge in [0.1, 0.15) is 5.52 Å². The van der Waals surface area contributed by atoms with Crippen molar-refractivity contribution in [2.24, 2.45) is 5.11 Å². The monoisotopic (exact) mass is 175 g/mol. The first-order valence-electron chi connectivity index (χ1n) is 3.56. The molecule has 2 aromatic heterocycles. The standard InChI is InChI=1S/C6H5N7/c7-12-9-3-4-1-5-6(8-2-4)11-13-10-5/h1-2H,3H2,(H,8,10,11,13).